The lowest BCUT2D eigenvalue weighted by Crippen LogP contribution is -2.13. The third kappa shape index (κ3) is 3.83. The van der Waals surface area contributed by atoms with E-state index >= 15 is 0 Å². The summed E-state index contributed by atoms with van der Waals surface area (Å²) in [5, 5.41) is 2.03. The molecular weight excluding hydrogens is 281 g/mol. The first kappa shape index (κ1) is 14.1. The molecule has 0 amide bonds. The van der Waals surface area contributed by atoms with Crippen molar-refractivity contribution in [2.75, 3.05) is 6.61 Å². The third-order valence-corrected chi connectivity index (χ3v) is 3.83. The molecule has 0 saturated heterocycles. The van der Waals surface area contributed by atoms with Crippen molar-refractivity contribution in [1.29, 1.82) is 0 Å². The second-order valence-corrected chi connectivity index (χ2v) is 5.50. The van der Waals surface area contributed by atoms with Crippen LogP contribution in [0.3, 0.4) is 0 Å². The number of nitrogens with two attached hydrogens (primary N) is 1. The van der Waals surface area contributed by atoms with Gasteiger partial charge in [0.05, 0.1) is 13.2 Å². The van der Waals surface area contributed by atoms with Gasteiger partial charge in [0, 0.05) is 22.4 Å². The summed E-state index contributed by atoms with van der Waals surface area (Å²) in [5.74, 6) is -0.383. The summed E-state index contributed by atoms with van der Waals surface area (Å²) in [6.45, 7) is 0.797. The summed E-state index contributed by atoms with van der Waals surface area (Å²) in [4.78, 5) is 1.33. The lowest BCUT2D eigenvalue weighted by atomic mass is 10.1. The zero-order valence-electron chi connectivity index (χ0n) is 10.3. The third-order valence-electron chi connectivity index (χ3n) is 2.67. The van der Waals surface area contributed by atoms with Gasteiger partial charge in [-0.3, -0.25) is 0 Å². The van der Waals surface area contributed by atoms with Crippen molar-refractivity contribution in [3.05, 3.63) is 57.5 Å². The number of rotatable bonds is 6. The summed E-state index contributed by atoms with van der Waals surface area (Å²) >= 11 is 6.49. The quantitative estimate of drug-likeness (QED) is 0.656. The van der Waals surface area contributed by atoms with Crippen LogP contribution in [0.5, 0.6) is 0 Å². The summed E-state index contributed by atoms with van der Waals surface area (Å²) in [6.07, 6.45) is 0.842. The first-order chi connectivity index (χ1) is 9.18. The highest BCUT2D eigenvalue weighted by Crippen LogP contribution is 2.15. The molecule has 0 saturated carbocycles. The molecule has 0 bridgehead atoms. The molecule has 0 spiro atoms. The maximum Gasteiger partial charge on any atom is 0.138 e. The molecule has 0 unspecified atom stereocenters. The van der Waals surface area contributed by atoms with E-state index < -0.39 is 0 Å². The molecule has 2 N–H and O–H groups in total. The van der Waals surface area contributed by atoms with Crippen molar-refractivity contribution in [2.45, 2.75) is 13.0 Å². The van der Waals surface area contributed by atoms with Crippen LogP contribution in [0.15, 0.2) is 35.7 Å². The predicted octanol–water partition coefficient (Wildman–Crippen LogP) is 3.28. The SMILES string of the molecule is NC(=S)c1cccc(COCCc2cccs2)c1F. The molecule has 0 aliphatic heterocycles. The molecule has 0 radical (unpaired) electrons. The number of ether oxygens (including phenoxy) is 1. The zero-order chi connectivity index (χ0) is 13.7. The van der Waals surface area contributed by atoms with Gasteiger partial charge < -0.3 is 10.5 Å². The van der Waals surface area contributed by atoms with E-state index in [1.807, 2.05) is 11.4 Å². The number of halogens is 1. The fourth-order valence-electron chi connectivity index (χ4n) is 1.69. The molecule has 5 heteroatoms. The highest BCUT2D eigenvalue weighted by molar-refractivity contribution is 7.80. The molecule has 0 aliphatic rings. The molecule has 0 atom stereocenters. The van der Waals surface area contributed by atoms with Crippen molar-refractivity contribution in [3.63, 3.8) is 0 Å². The Bertz CT molecular complexity index is 555. The molecular formula is C14H14FNOS2. The molecule has 19 heavy (non-hydrogen) atoms. The van der Waals surface area contributed by atoms with Gasteiger partial charge in [-0.1, -0.05) is 30.4 Å². The maximum absolute atomic E-state index is 14.0. The Hall–Kier alpha value is -1.30. The van der Waals surface area contributed by atoms with Crippen LogP contribution < -0.4 is 5.73 Å². The minimum atomic E-state index is -0.383. The highest BCUT2D eigenvalue weighted by Gasteiger charge is 2.09. The Kier molecular flexibility index (Phi) is 5.01. The van der Waals surface area contributed by atoms with Crippen LogP contribution in [-0.2, 0) is 17.8 Å². The lowest BCUT2D eigenvalue weighted by Gasteiger charge is -2.08. The number of thiocarbonyl (C=S) groups is 1. The van der Waals surface area contributed by atoms with Crippen LogP contribution in [0.25, 0.3) is 0 Å². The molecule has 2 aromatic rings. The van der Waals surface area contributed by atoms with Crippen LogP contribution in [0.4, 0.5) is 4.39 Å². The Morgan fingerprint density at radius 1 is 1.32 bits per heavy atom. The van der Waals surface area contributed by atoms with Crippen molar-refractivity contribution >= 4 is 28.5 Å². The van der Waals surface area contributed by atoms with Crippen LogP contribution in [0.1, 0.15) is 16.0 Å². The largest absolute Gasteiger partial charge is 0.389 e. The summed E-state index contributed by atoms with van der Waals surface area (Å²) in [7, 11) is 0. The van der Waals surface area contributed by atoms with E-state index in [1.165, 1.54) is 4.88 Å². The number of benzene rings is 1. The van der Waals surface area contributed by atoms with Crippen molar-refractivity contribution < 1.29 is 9.13 Å². The lowest BCUT2D eigenvalue weighted by molar-refractivity contribution is 0.122. The second kappa shape index (κ2) is 6.75. The second-order valence-electron chi connectivity index (χ2n) is 4.02. The maximum atomic E-state index is 14.0. The monoisotopic (exact) mass is 295 g/mol. The van der Waals surface area contributed by atoms with E-state index in [9.17, 15) is 4.39 Å². The number of thiophene rings is 1. The van der Waals surface area contributed by atoms with Crippen molar-refractivity contribution in [3.8, 4) is 0 Å². The molecule has 1 aromatic carbocycles. The minimum Gasteiger partial charge on any atom is -0.389 e. The van der Waals surface area contributed by atoms with Gasteiger partial charge in [0.2, 0.25) is 0 Å². The van der Waals surface area contributed by atoms with Gasteiger partial charge in [0.25, 0.3) is 0 Å². The van der Waals surface area contributed by atoms with E-state index in [4.69, 9.17) is 22.7 Å². The topological polar surface area (TPSA) is 35.2 Å². The first-order valence-electron chi connectivity index (χ1n) is 5.86. The molecule has 2 rings (SSSR count). The van der Waals surface area contributed by atoms with Crippen molar-refractivity contribution in [1.82, 2.24) is 0 Å². The summed E-state index contributed by atoms with van der Waals surface area (Å²) < 4.78 is 19.5. The zero-order valence-corrected chi connectivity index (χ0v) is 11.9. The number of hydrogen-bond acceptors (Lipinski definition) is 3. The molecule has 0 fully saturated rings. The average molecular weight is 295 g/mol. The first-order valence-corrected chi connectivity index (χ1v) is 7.14. The standard InChI is InChI=1S/C14H14FNOS2/c15-13-10(3-1-5-12(13)14(16)18)9-17-7-6-11-4-2-8-19-11/h1-5,8H,6-7,9H2,(H2,16,18). The van der Waals surface area contributed by atoms with E-state index in [2.05, 4.69) is 6.07 Å². The van der Waals surface area contributed by atoms with Crippen LogP contribution in [0, 0.1) is 5.82 Å². The van der Waals surface area contributed by atoms with E-state index in [0.717, 1.165) is 6.42 Å². The Labute approximate surface area is 121 Å². The van der Waals surface area contributed by atoms with E-state index in [0.29, 0.717) is 12.2 Å². The highest BCUT2D eigenvalue weighted by atomic mass is 32.1. The molecule has 100 valence electrons. The van der Waals surface area contributed by atoms with Crippen LogP contribution >= 0.6 is 23.6 Å². The Morgan fingerprint density at radius 3 is 2.84 bits per heavy atom. The van der Waals surface area contributed by atoms with Gasteiger partial charge >= 0.3 is 0 Å². The fourth-order valence-corrected chi connectivity index (χ4v) is 2.54. The van der Waals surface area contributed by atoms with E-state index in [-0.39, 0.29) is 23.0 Å². The van der Waals surface area contributed by atoms with E-state index in [1.54, 1.807) is 29.5 Å². The van der Waals surface area contributed by atoms with Crippen LogP contribution in [-0.4, -0.2) is 11.6 Å². The van der Waals surface area contributed by atoms with Gasteiger partial charge in [-0.2, -0.15) is 0 Å². The smallest absolute Gasteiger partial charge is 0.138 e. The predicted molar refractivity (Wildman–Crippen MR) is 80.0 cm³/mol. The summed E-state index contributed by atoms with van der Waals surface area (Å²) in [6, 6.07) is 9.05. The van der Waals surface area contributed by atoms with Gasteiger partial charge in [-0.05, 0) is 17.5 Å². The average Bonchev–Trinajstić information content (AvgIpc) is 2.89. The van der Waals surface area contributed by atoms with Gasteiger partial charge in [0.1, 0.15) is 10.8 Å². The van der Waals surface area contributed by atoms with Crippen LogP contribution in [0.2, 0.25) is 0 Å². The molecule has 1 aromatic heterocycles. The Balaban J connectivity index is 1.89. The minimum absolute atomic E-state index is 0.0675. The Morgan fingerprint density at radius 2 is 2.16 bits per heavy atom. The molecule has 1 heterocycles. The van der Waals surface area contributed by atoms with Gasteiger partial charge in [-0.25, -0.2) is 4.39 Å². The van der Waals surface area contributed by atoms with Gasteiger partial charge in [0.15, 0.2) is 0 Å². The number of hydrogen-bond donors (Lipinski definition) is 1. The summed E-state index contributed by atoms with van der Waals surface area (Å²) in [5.41, 5.74) is 6.21. The molecule has 2 nitrogen and oxygen atoms in total. The fraction of sp³-hybridized carbons (Fsp3) is 0.214. The van der Waals surface area contributed by atoms with Gasteiger partial charge in [-0.15, -0.1) is 11.3 Å². The normalized spacial score (nSPS) is 10.6. The molecule has 0 aliphatic carbocycles. The van der Waals surface area contributed by atoms with Crippen molar-refractivity contribution in [2.24, 2.45) is 5.73 Å².